The number of carboxylic acid groups (broad SMARTS) is 1. The number of carboxylic acids is 1. The van der Waals surface area contributed by atoms with E-state index in [9.17, 15) is 13.6 Å². The standard InChI is InChI=1S/C7H10F2O2/c1-4(2)6(5(10)11)3-7(6,8)9/h4H,3H2,1-2H3,(H,10,11). The van der Waals surface area contributed by atoms with Gasteiger partial charge < -0.3 is 5.11 Å². The largest absolute Gasteiger partial charge is 0.481 e. The lowest BCUT2D eigenvalue weighted by Gasteiger charge is -2.14. The topological polar surface area (TPSA) is 37.3 Å². The summed E-state index contributed by atoms with van der Waals surface area (Å²) in [4.78, 5) is 10.5. The van der Waals surface area contributed by atoms with Crippen LogP contribution in [0, 0.1) is 11.3 Å². The Balaban J connectivity index is 2.88. The van der Waals surface area contributed by atoms with Crippen molar-refractivity contribution in [3.63, 3.8) is 0 Å². The Hall–Kier alpha value is -0.670. The fourth-order valence-electron chi connectivity index (χ4n) is 1.41. The Kier molecular flexibility index (Phi) is 1.48. The molecule has 0 spiro atoms. The number of rotatable bonds is 2. The highest BCUT2D eigenvalue weighted by atomic mass is 19.3. The van der Waals surface area contributed by atoms with Crippen LogP contribution in [0.15, 0.2) is 0 Å². The van der Waals surface area contributed by atoms with Crippen LogP contribution in [-0.2, 0) is 4.79 Å². The zero-order chi connectivity index (χ0) is 8.86. The molecule has 0 aromatic heterocycles. The van der Waals surface area contributed by atoms with Crippen LogP contribution in [-0.4, -0.2) is 17.0 Å². The second kappa shape index (κ2) is 1.93. The summed E-state index contributed by atoms with van der Waals surface area (Å²) in [5.74, 6) is -4.88. The van der Waals surface area contributed by atoms with Gasteiger partial charge in [-0.05, 0) is 5.92 Å². The average molecular weight is 164 g/mol. The minimum absolute atomic E-state index is 0.505. The summed E-state index contributed by atoms with van der Waals surface area (Å²) < 4.78 is 25.1. The van der Waals surface area contributed by atoms with E-state index in [4.69, 9.17) is 5.11 Å². The van der Waals surface area contributed by atoms with Gasteiger partial charge in [0.2, 0.25) is 0 Å². The second-order valence-electron chi connectivity index (χ2n) is 3.31. The molecule has 0 amide bonds. The predicted octanol–water partition coefficient (Wildman–Crippen LogP) is 1.75. The number of carbonyl (C=O) groups is 1. The predicted molar refractivity (Wildman–Crippen MR) is 34.5 cm³/mol. The highest BCUT2D eigenvalue weighted by Crippen LogP contribution is 2.64. The minimum Gasteiger partial charge on any atom is -0.481 e. The molecule has 11 heavy (non-hydrogen) atoms. The molecule has 2 nitrogen and oxygen atoms in total. The van der Waals surface area contributed by atoms with Gasteiger partial charge in [-0.25, -0.2) is 8.78 Å². The molecular formula is C7H10F2O2. The fourth-order valence-corrected chi connectivity index (χ4v) is 1.41. The Morgan fingerprint density at radius 2 is 1.91 bits per heavy atom. The Bertz CT molecular complexity index is 201. The average Bonchev–Trinajstić information content (AvgIpc) is 2.35. The number of hydrogen-bond donors (Lipinski definition) is 1. The van der Waals surface area contributed by atoms with Crippen LogP contribution in [0.3, 0.4) is 0 Å². The molecule has 4 heteroatoms. The van der Waals surface area contributed by atoms with E-state index in [1.54, 1.807) is 0 Å². The lowest BCUT2D eigenvalue weighted by molar-refractivity contribution is -0.150. The van der Waals surface area contributed by atoms with E-state index in [2.05, 4.69) is 0 Å². The minimum atomic E-state index is -2.99. The number of hydrogen-bond acceptors (Lipinski definition) is 1. The molecule has 0 aliphatic heterocycles. The van der Waals surface area contributed by atoms with Crippen molar-refractivity contribution in [3.05, 3.63) is 0 Å². The van der Waals surface area contributed by atoms with Gasteiger partial charge in [-0.15, -0.1) is 0 Å². The van der Waals surface area contributed by atoms with Crippen LogP contribution in [0.5, 0.6) is 0 Å². The van der Waals surface area contributed by atoms with Crippen molar-refractivity contribution in [2.45, 2.75) is 26.2 Å². The monoisotopic (exact) mass is 164 g/mol. The third-order valence-corrected chi connectivity index (χ3v) is 2.40. The maximum Gasteiger partial charge on any atom is 0.316 e. The van der Waals surface area contributed by atoms with Crippen LogP contribution in [0.2, 0.25) is 0 Å². The summed E-state index contributed by atoms with van der Waals surface area (Å²) in [6, 6.07) is 0. The highest BCUT2D eigenvalue weighted by molar-refractivity contribution is 5.80. The molecule has 0 aromatic rings. The van der Waals surface area contributed by atoms with Gasteiger partial charge in [-0.3, -0.25) is 4.79 Å². The first kappa shape index (κ1) is 8.43. The Morgan fingerprint density at radius 3 is 1.91 bits per heavy atom. The lowest BCUT2D eigenvalue weighted by atomic mass is 9.92. The summed E-state index contributed by atoms with van der Waals surface area (Å²) in [6.07, 6.45) is -0.507. The van der Waals surface area contributed by atoms with E-state index < -0.39 is 29.6 Å². The molecule has 1 unspecified atom stereocenters. The Labute approximate surface area is 63.2 Å². The third-order valence-electron chi connectivity index (χ3n) is 2.40. The Morgan fingerprint density at radius 1 is 1.55 bits per heavy atom. The summed E-state index contributed by atoms with van der Waals surface area (Å²) in [7, 11) is 0. The fraction of sp³-hybridized carbons (Fsp3) is 0.857. The molecule has 1 fully saturated rings. The van der Waals surface area contributed by atoms with E-state index in [0.717, 1.165) is 0 Å². The van der Waals surface area contributed by atoms with Gasteiger partial charge >= 0.3 is 5.97 Å². The van der Waals surface area contributed by atoms with Gasteiger partial charge in [0.1, 0.15) is 5.41 Å². The number of alkyl halides is 2. The lowest BCUT2D eigenvalue weighted by Crippen LogP contribution is -2.27. The van der Waals surface area contributed by atoms with E-state index >= 15 is 0 Å². The summed E-state index contributed by atoms with van der Waals surface area (Å²) in [5.41, 5.74) is -1.77. The molecule has 0 radical (unpaired) electrons. The second-order valence-corrected chi connectivity index (χ2v) is 3.31. The number of aliphatic carboxylic acids is 1. The molecule has 1 atom stereocenters. The van der Waals surface area contributed by atoms with Crippen LogP contribution in [0.25, 0.3) is 0 Å². The molecule has 0 saturated heterocycles. The van der Waals surface area contributed by atoms with Crippen LogP contribution in [0.4, 0.5) is 8.78 Å². The normalized spacial score (nSPS) is 33.9. The highest BCUT2D eigenvalue weighted by Gasteiger charge is 2.77. The smallest absolute Gasteiger partial charge is 0.316 e. The zero-order valence-electron chi connectivity index (χ0n) is 6.40. The van der Waals surface area contributed by atoms with Crippen molar-refractivity contribution >= 4 is 5.97 Å². The molecule has 64 valence electrons. The van der Waals surface area contributed by atoms with Crippen molar-refractivity contribution < 1.29 is 18.7 Å². The third kappa shape index (κ3) is 0.847. The molecule has 0 heterocycles. The maximum absolute atomic E-state index is 12.6. The van der Waals surface area contributed by atoms with Gasteiger partial charge in [-0.1, -0.05) is 13.8 Å². The zero-order valence-corrected chi connectivity index (χ0v) is 6.40. The van der Waals surface area contributed by atoms with E-state index in [1.807, 2.05) is 0 Å². The molecule has 1 aliphatic carbocycles. The number of halogens is 2. The quantitative estimate of drug-likeness (QED) is 0.675. The maximum atomic E-state index is 12.6. The summed E-state index contributed by atoms with van der Waals surface area (Å²) in [6.45, 7) is 3.02. The molecule has 0 bridgehead atoms. The van der Waals surface area contributed by atoms with Crippen molar-refractivity contribution in [1.29, 1.82) is 0 Å². The van der Waals surface area contributed by atoms with Gasteiger partial charge in [0, 0.05) is 6.42 Å². The molecular weight excluding hydrogens is 154 g/mol. The van der Waals surface area contributed by atoms with Gasteiger partial charge in [0.15, 0.2) is 0 Å². The van der Waals surface area contributed by atoms with E-state index in [0.29, 0.717) is 0 Å². The van der Waals surface area contributed by atoms with Crippen LogP contribution in [0.1, 0.15) is 20.3 Å². The van der Waals surface area contributed by atoms with Crippen molar-refractivity contribution in [2.24, 2.45) is 11.3 Å². The molecule has 1 saturated carbocycles. The molecule has 1 N–H and O–H groups in total. The van der Waals surface area contributed by atoms with Gasteiger partial charge in [0.25, 0.3) is 5.92 Å². The first-order valence-corrected chi connectivity index (χ1v) is 3.46. The summed E-state index contributed by atoms with van der Waals surface area (Å²) >= 11 is 0. The first-order chi connectivity index (χ1) is 4.84. The van der Waals surface area contributed by atoms with Crippen LogP contribution < -0.4 is 0 Å². The van der Waals surface area contributed by atoms with Crippen molar-refractivity contribution in [3.8, 4) is 0 Å². The first-order valence-electron chi connectivity index (χ1n) is 3.46. The SMILES string of the molecule is CC(C)C1(C(=O)O)CC1(F)F. The summed E-state index contributed by atoms with van der Waals surface area (Å²) in [5, 5.41) is 8.53. The van der Waals surface area contributed by atoms with Crippen molar-refractivity contribution in [1.82, 2.24) is 0 Å². The molecule has 1 rings (SSSR count). The molecule has 0 aromatic carbocycles. The van der Waals surface area contributed by atoms with Crippen molar-refractivity contribution in [2.75, 3.05) is 0 Å². The van der Waals surface area contributed by atoms with E-state index in [1.165, 1.54) is 13.8 Å². The van der Waals surface area contributed by atoms with Gasteiger partial charge in [0.05, 0.1) is 0 Å². The van der Waals surface area contributed by atoms with Crippen LogP contribution >= 0.6 is 0 Å². The van der Waals surface area contributed by atoms with Gasteiger partial charge in [-0.2, -0.15) is 0 Å². The van der Waals surface area contributed by atoms with E-state index in [-0.39, 0.29) is 0 Å². The molecule has 1 aliphatic rings.